The van der Waals surface area contributed by atoms with Crippen molar-refractivity contribution in [3.63, 3.8) is 0 Å². The minimum Gasteiger partial charge on any atom is -0.487 e. The second kappa shape index (κ2) is 10.5. The summed E-state index contributed by atoms with van der Waals surface area (Å²) in [5.41, 5.74) is 2.92. The first-order valence-electron chi connectivity index (χ1n) is 9.37. The Morgan fingerprint density at radius 3 is 2.39 bits per heavy atom. The average molecular weight is 569 g/mol. The fourth-order valence-corrected chi connectivity index (χ4v) is 5.05. The van der Waals surface area contributed by atoms with Gasteiger partial charge in [-0.1, -0.05) is 29.8 Å². The van der Waals surface area contributed by atoms with Crippen LogP contribution < -0.4 is 4.74 Å². The summed E-state index contributed by atoms with van der Waals surface area (Å²) in [4.78, 5) is 37.4. The van der Waals surface area contributed by atoms with Crippen molar-refractivity contribution in [2.75, 3.05) is 13.2 Å². The number of thioether (sulfide) groups is 1. The standard InChI is InChI=1S/C22H19Br2NO5S/c1-3-29-19(26)11-25-21(27)18(31-22(25)28)10-15-8-16(23)20(17(24)9-15)30-12-14-6-4-13(2)5-7-14/h4-10H,3,11-12H2,1-2H3/b18-10+. The van der Waals surface area contributed by atoms with Crippen molar-refractivity contribution in [3.05, 3.63) is 66.9 Å². The zero-order valence-electron chi connectivity index (χ0n) is 16.8. The van der Waals surface area contributed by atoms with Crippen LogP contribution in [0.1, 0.15) is 23.6 Å². The van der Waals surface area contributed by atoms with E-state index in [-0.39, 0.29) is 11.5 Å². The van der Waals surface area contributed by atoms with Gasteiger partial charge in [0.1, 0.15) is 18.9 Å². The highest BCUT2D eigenvalue weighted by Crippen LogP contribution is 2.38. The number of ether oxygens (including phenoxy) is 2. The Labute approximate surface area is 201 Å². The molecule has 2 aromatic carbocycles. The molecule has 31 heavy (non-hydrogen) atoms. The highest BCUT2D eigenvalue weighted by Gasteiger charge is 2.36. The number of carbonyl (C=O) groups excluding carboxylic acids is 3. The summed E-state index contributed by atoms with van der Waals surface area (Å²) < 4.78 is 12.2. The lowest BCUT2D eigenvalue weighted by Gasteiger charge is -2.12. The van der Waals surface area contributed by atoms with Gasteiger partial charge in [0.25, 0.3) is 11.1 Å². The zero-order chi connectivity index (χ0) is 22.5. The van der Waals surface area contributed by atoms with Gasteiger partial charge in [0.05, 0.1) is 20.5 Å². The van der Waals surface area contributed by atoms with Gasteiger partial charge in [-0.05, 0) is 86.8 Å². The van der Waals surface area contributed by atoms with Gasteiger partial charge in [0, 0.05) is 0 Å². The first-order chi connectivity index (χ1) is 14.8. The van der Waals surface area contributed by atoms with Crippen molar-refractivity contribution in [2.24, 2.45) is 0 Å². The Hall–Kier alpha value is -2.10. The van der Waals surface area contributed by atoms with Crippen molar-refractivity contribution < 1.29 is 23.9 Å². The molecular weight excluding hydrogens is 550 g/mol. The number of halogens is 2. The third kappa shape index (κ3) is 5.99. The van der Waals surface area contributed by atoms with E-state index in [0.29, 0.717) is 26.9 Å². The van der Waals surface area contributed by atoms with E-state index in [9.17, 15) is 14.4 Å². The van der Waals surface area contributed by atoms with E-state index in [1.54, 1.807) is 25.1 Å². The molecule has 0 bridgehead atoms. The van der Waals surface area contributed by atoms with Crippen LogP contribution in [0.5, 0.6) is 5.75 Å². The van der Waals surface area contributed by atoms with Crippen molar-refractivity contribution in [1.82, 2.24) is 4.90 Å². The number of carbonyl (C=O) groups is 3. The van der Waals surface area contributed by atoms with E-state index in [1.807, 2.05) is 31.2 Å². The molecule has 0 N–H and O–H groups in total. The second-order valence-electron chi connectivity index (χ2n) is 6.66. The number of imide groups is 1. The lowest BCUT2D eigenvalue weighted by molar-refractivity contribution is -0.145. The largest absolute Gasteiger partial charge is 0.487 e. The van der Waals surface area contributed by atoms with Gasteiger partial charge in [-0.15, -0.1) is 0 Å². The summed E-state index contributed by atoms with van der Waals surface area (Å²) in [5.74, 6) is -0.505. The van der Waals surface area contributed by atoms with E-state index in [2.05, 4.69) is 31.9 Å². The molecule has 1 saturated heterocycles. The minimum absolute atomic E-state index is 0.186. The first kappa shape index (κ1) is 23.6. The van der Waals surface area contributed by atoms with Crippen molar-refractivity contribution in [1.29, 1.82) is 0 Å². The number of rotatable bonds is 7. The van der Waals surface area contributed by atoms with Gasteiger partial charge in [-0.25, -0.2) is 0 Å². The lowest BCUT2D eigenvalue weighted by atomic mass is 10.1. The maximum absolute atomic E-state index is 12.5. The van der Waals surface area contributed by atoms with E-state index in [4.69, 9.17) is 9.47 Å². The summed E-state index contributed by atoms with van der Waals surface area (Å²) in [7, 11) is 0. The Kier molecular flexibility index (Phi) is 7.96. The molecule has 9 heteroatoms. The van der Waals surface area contributed by atoms with E-state index in [0.717, 1.165) is 22.2 Å². The number of hydrogen-bond donors (Lipinski definition) is 0. The molecule has 0 unspecified atom stereocenters. The highest BCUT2D eigenvalue weighted by atomic mass is 79.9. The smallest absolute Gasteiger partial charge is 0.326 e. The van der Waals surface area contributed by atoms with Crippen molar-refractivity contribution in [3.8, 4) is 5.75 Å². The number of aryl methyl sites for hydroxylation is 1. The van der Waals surface area contributed by atoms with Crippen LogP contribution in [0.25, 0.3) is 6.08 Å². The summed E-state index contributed by atoms with van der Waals surface area (Å²) >= 11 is 7.80. The number of esters is 1. The zero-order valence-corrected chi connectivity index (χ0v) is 20.8. The van der Waals surface area contributed by atoms with Crippen LogP contribution in [0.2, 0.25) is 0 Å². The molecule has 0 aromatic heterocycles. The maximum Gasteiger partial charge on any atom is 0.326 e. The molecule has 1 aliphatic rings. The molecule has 162 valence electrons. The van der Waals surface area contributed by atoms with Gasteiger partial charge in [0.2, 0.25) is 0 Å². The first-order valence-corrected chi connectivity index (χ1v) is 11.8. The van der Waals surface area contributed by atoms with Crippen LogP contribution in [0.4, 0.5) is 4.79 Å². The second-order valence-corrected chi connectivity index (χ2v) is 9.36. The van der Waals surface area contributed by atoms with Crippen molar-refractivity contribution >= 4 is 66.8 Å². The lowest BCUT2D eigenvalue weighted by Crippen LogP contribution is -2.34. The molecule has 0 spiro atoms. The molecule has 0 saturated carbocycles. The topological polar surface area (TPSA) is 72.9 Å². The van der Waals surface area contributed by atoms with Gasteiger partial charge in [0.15, 0.2) is 0 Å². The van der Waals surface area contributed by atoms with Gasteiger partial charge in [-0.3, -0.25) is 19.3 Å². The van der Waals surface area contributed by atoms with Crippen LogP contribution in [-0.4, -0.2) is 35.2 Å². The average Bonchev–Trinajstić information content (AvgIpc) is 2.96. The number of hydrogen-bond acceptors (Lipinski definition) is 6. The predicted octanol–water partition coefficient (Wildman–Crippen LogP) is 5.70. The molecule has 0 atom stereocenters. The molecule has 2 amide bonds. The minimum atomic E-state index is -0.619. The molecule has 0 radical (unpaired) electrons. The Bertz CT molecular complexity index is 1030. The molecule has 2 aromatic rings. The van der Waals surface area contributed by atoms with E-state index < -0.39 is 23.7 Å². The van der Waals surface area contributed by atoms with Crippen LogP contribution in [0.15, 0.2) is 50.2 Å². The number of benzene rings is 2. The monoisotopic (exact) mass is 567 g/mol. The normalized spacial score (nSPS) is 15.0. The fraction of sp³-hybridized carbons (Fsp3) is 0.227. The predicted molar refractivity (Wildman–Crippen MR) is 127 cm³/mol. The third-order valence-electron chi connectivity index (χ3n) is 4.29. The van der Waals surface area contributed by atoms with Crippen LogP contribution in [0, 0.1) is 6.92 Å². The number of nitrogens with zero attached hydrogens (tertiary/aromatic N) is 1. The molecule has 6 nitrogen and oxygen atoms in total. The quantitative estimate of drug-likeness (QED) is 0.315. The van der Waals surface area contributed by atoms with Gasteiger partial charge >= 0.3 is 5.97 Å². The summed E-state index contributed by atoms with van der Waals surface area (Å²) in [6.07, 6.45) is 1.61. The Balaban J connectivity index is 1.74. The Morgan fingerprint density at radius 1 is 1.13 bits per heavy atom. The molecule has 0 aliphatic carbocycles. The maximum atomic E-state index is 12.5. The molecule has 1 heterocycles. The fourth-order valence-electron chi connectivity index (χ4n) is 2.76. The van der Waals surface area contributed by atoms with E-state index in [1.165, 1.54) is 5.56 Å². The molecule has 1 fully saturated rings. The summed E-state index contributed by atoms with van der Waals surface area (Å²) in [5, 5.41) is -0.500. The summed E-state index contributed by atoms with van der Waals surface area (Å²) in [6, 6.07) is 11.7. The highest BCUT2D eigenvalue weighted by molar-refractivity contribution is 9.11. The van der Waals surface area contributed by atoms with E-state index >= 15 is 0 Å². The van der Waals surface area contributed by atoms with Crippen LogP contribution >= 0.6 is 43.6 Å². The molecule has 1 aliphatic heterocycles. The SMILES string of the molecule is CCOC(=O)CN1C(=O)S/C(=C/c2cc(Br)c(OCc3ccc(C)cc3)c(Br)c2)C1=O. The van der Waals surface area contributed by atoms with Crippen LogP contribution in [-0.2, 0) is 20.9 Å². The van der Waals surface area contributed by atoms with Gasteiger partial charge < -0.3 is 9.47 Å². The van der Waals surface area contributed by atoms with Gasteiger partial charge in [-0.2, -0.15) is 0 Å². The number of amides is 2. The Morgan fingerprint density at radius 2 is 1.77 bits per heavy atom. The summed E-state index contributed by atoms with van der Waals surface area (Å²) in [6.45, 7) is 3.89. The molecular formula is C22H19Br2NO5S. The van der Waals surface area contributed by atoms with Crippen molar-refractivity contribution in [2.45, 2.75) is 20.5 Å². The molecule has 3 rings (SSSR count). The third-order valence-corrected chi connectivity index (χ3v) is 6.37. The van der Waals surface area contributed by atoms with Crippen LogP contribution in [0.3, 0.4) is 0 Å².